The van der Waals surface area contributed by atoms with E-state index >= 15 is 0 Å². The summed E-state index contributed by atoms with van der Waals surface area (Å²) in [6.45, 7) is 4.38. The van der Waals surface area contributed by atoms with E-state index in [9.17, 15) is 0 Å². The molecule has 0 fully saturated rings. The smallest absolute Gasteiger partial charge is 0.0320 e. The van der Waals surface area contributed by atoms with Crippen molar-refractivity contribution in [3.63, 3.8) is 0 Å². The molecular weight excluding hydrogens is 306 g/mol. The zero-order valence-corrected chi connectivity index (χ0v) is 11.6. The molecule has 0 aromatic heterocycles. The van der Waals surface area contributed by atoms with Crippen LogP contribution in [0.4, 0.5) is 0 Å². The molecule has 1 aromatic carbocycles. The number of halogens is 2. The Kier molecular flexibility index (Phi) is 4.61. The molecule has 78 valence electrons. The summed E-state index contributed by atoms with van der Waals surface area (Å²) in [5, 5.41) is 0. The summed E-state index contributed by atoms with van der Waals surface area (Å²) >= 11 is 6.92. The molecule has 0 spiro atoms. The standard InChI is InChI=1S/C11H15Br2N/c1-7(2)5-11(14)8-3-4-9(12)10(13)6-8/h3-4,6-7,11H,5,14H2,1-2H3/t11-/m0/s1. The lowest BCUT2D eigenvalue weighted by molar-refractivity contribution is 0.510. The molecule has 0 aliphatic heterocycles. The average molecular weight is 321 g/mol. The second-order valence-electron chi connectivity index (χ2n) is 3.91. The molecule has 0 unspecified atom stereocenters. The van der Waals surface area contributed by atoms with Gasteiger partial charge in [0.05, 0.1) is 0 Å². The summed E-state index contributed by atoms with van der Waals surface area (Å²) in [5.41, 5.74) is 7.27. The number of hydrogen-bond donors (Lipinski definition) is 1. The first-order chi connectivity index (χ1) is 6.50. The van der Waals surface area contributed by atoms with Gasteiger partial charge in [-0.05, 0) is 61.9 Å². The fourth-order valence-electron chi connectivity index (χ4n) is 1.39. The molecule has 0 aliphatic rings. The van der Waals surface area contributed by atoms with Gasteiger partial charge >= 0.3 is 0 Å². The SMILES string of the molecule is CC(C)C[C@H](N)c1ccc(Br)c(Br)c1. The van der Waals surface area contributed by atoms with Crippen molar-refractivity contribution in [2.45, 2.75) is 26.3 Å². The van der Waals surface area contributed by atoms with Gasteiger partial charge in [-0.2, -0.15) is 0 Å². The first-order valence-electron chi connectivity index (χ1n) is 4.71. The Morgan fingerprint density at radius 3 is 2.36 bits per heavy atom. The van der Waals surface area contributed by atoms with Crippen LogP contribution in [0.5, 0.6) is 0 Å². The Labute approximate surface area is 102 Å². The van der Waals surface area contributed by atoms with Gasteiger partial charge in [0.1, 0.15) is 0 Å². The maximum atomic E-state index is 6.08. The topological polar surface area (TPSA) is 26.0 Å². The molecule has 1 aromatic rings. The monoisotopic (exact) mass is 319 g/mol. The second kappa shape index (κ2) is 5.29. The molecule has 2 N–H and O–H groups in total. The van der Waals surface area contributed by atoms with Crippen molar-refractivity contribution in [3.8, 4) is 0 Å². The van der Waals surface area contributed by atoms with Crippen molar-refractivity contribution in [2.24, 2.45) is 11.7 Å². The Morgan fingerprint density at radius 1 is 1.21 bits per heavy atom. The van der Waals surface area contributed by atoms with Crippen LogP contribution in [0.3, 0.4) is 0 Å². The fraction of sp³-hybridized carbons (Fsp3) is 0.455. The summed E-state index contributed by atoms with van der Waals surface area (Å²) in [5.74, 6) is 0.632. The third-order valence-corrected chi connectivity index (χ3v) is 3.98. The van der Waals surface area contributed by atoms with Crippen molar-refractivity contribution in [2.75, 3.05) is 0 Å². The van der Waals surface area contributed by atoms with Gasteiger partial charge in [-0.3, -0.25) is 0 Å². The van der Waals surface area contributed by atoms with E-state index in [4.69, 9.17) is 5.73 Å². The molecule has 0 heterocycles. The zero-order valence-electron chi connectivity index (χ0n) is 8.43. The van der Waals surface area contributed by atoms with E-state index in [-0.39, 0.29) is 6.04 Å². The quantitative estimate of drug-likeness (QED) is 0.884. The van der Waals surface area contributed by atoms with Crippen molar-refractivity contribution in [1.29, 1.82) is 0 Å². The molecule has 1 rings (SSSR count). The summed E-state index contributed by atoms with van der Waals surface area (Å²) in [4.78, 5) is 0. The van der Waals surface area contributed by atoms with Crippen LogP contribution in [0.2, 0.25) is 0 Å². The van der Waals surface area contributed by atoms with Crippen molar-refractivity contribution in [1.82, 2.24) is 0 Å². The Bertz CT molecular complexity index is 310. The van der Waals surface area contributed by atoms with Crippen molar-refractivity contribution >= 4 is 31.9 Å². The van der Waals surface area contributed by atoms with E-state index in [1.54, 1.807) is 0 Å². The minimum absolute atomic E-state index is 0.138. The molecule has 3 heteroatoms. The first-order valence-corrected chi connectivity index (χ1v) is 6.30. The average Bonchev–Trinajstić information content (AvgIpc) is 2.08. The van der Waals surface area contributed by atoms with E-state index in [1.165, 1.54) is 5.56 Å². The highest BCUT2D eigenvalue weighted by atomic mass is 79.9. The van der Waals surface area contributed by atoms with Gasteiger partial charge < -0.3 is 5.73 Å². The lowest BCUT2D eigenvalue weighted by Gasteiger charge is -2.15. The number of rotatable bonds is 3. The zero-order chi connectivity index (χ0) is 10.7. The first kappa shape index (κ1) is 12.2. The minimum atomic E-state index is 0.138. The van der Waals surface area contributed by atoms with Crippen LogP contribution < -0.4 is 5.73 Å². The van der Waals surface area contributed by atoms with Gasteiger partial charge in [-0.15, -0.1) is 0 Å². The van der Waals surface area contributed by atoms with E-state index in [0.717, 1.165) is 15.4 Å². The third kappa shape index (κ3) is 3.37. The summed E-state index contributed by atoms with van der Waals surface area (Å²) in [7, 11) is 0. The third-order valence-electron chi connectivity index (χ3n) is 2.10. The van der Waals surface area contributed by atoms with E-state index < -0.39 is 0 Å². The molecule has 0 radical (unpaired) electrons. The van der Waals surface area contributed by atoms with Crippen LogP contribution in [0.25, 0.3) is 0 Å². The van der Waals surface area contributed by atoms with Gasteiger partial charge in [0.2, 0.25) is 0 Å². The van der Waals surface area contributed by atoms with E-state index in [0.29, 0.717) is 5.92 Å². The number of benzene rings is 1. The highest BCUT2D eigenvalue weighted by Crippen LogP contribution is 2.27. The molecule has 0 aliphatic carbocycles. The maximum Gasteiger partial charge on any atom is 0.0320 e. The molecule has 0 amide bonds. The highest BCUT2D eigenvalue weighted by Gasteiger charge is 2.09. The van der Waals surface area contributed by atoms with E-state index in [2.05, 4.69) is 57.8 Å². The second-order valence-corrected chi connectivity index (χ2v) is 5.62. The molecule has 1 nitrogen and oxygen atoms in total. The van der Waals surface area contributed by atoms with Crippen molar-refractivity contribution in [3.05, 3.63) is 32.7 Å². The Hall–Kier alpha value is 0.140. The van der Waals surface area contributed by atoms with Crippen molar-refractivity contribution < 1.29 is 0 Å². The summed E-state index contributed by atoms with van der Waals surface area (Å²) in [6.07, 6.45) is 1.02. The molecular formula is C11H15Br2N. The minimum Gasteiger partial charge on any atom is -0.324 e. The lowest BCUT2D eigenvalue weighted by Crippen LogP contribution is -2.12. The van der Waals surface area contributed by atoms with Crippen LogP contribution in [0.15, 0.2) is 27.1 Å². The molecule has 0 saturated carbocycles. The summed E-state index contributed by atoms with van der Waals surface area (Å²) in [6, 6.07) is 6.32. The predicted octanol–water partition coefficient (Wildman–Crippen LogP) is 4.26. The lowest BCUT2D eigenvalue weighted by atomic mass is 9.98. The van der Waals surface area contributed by atoms with Gasteiger partial charge in [0.15, 0.2) is 0 Å². The molecule has 1 atom stereocenters. The largest absolute Gasteiger partial charge is 0.324 e. The predicted molar refractivity (Wildman–Crippen MR) is 68.2 cm³/mol. The normalized spacial score (nSPS) is 13.3. The van der Waals surface area contributed by atoms with Crippen LogP contribution >= 0.6 is 31.9 Å². The molecule has 0 bridgehead atoms. The molecule has 14 heavy (non-hydrogen) atoms. The van der Waals surface area contributed by atoms with Gasteiger partial charge in [0, 0.05) is 15.0 Å². The van der Waals surface area contributed by atoms with Gasteiger partial charge in [-0.25, -0.2) is 0 Å². The number of nitrogens with two attached hydrogens (primary N) is 1. The van der Waals surface area contributed by atoms with Crippen LogP contribution in [0.1, 0.15) is 31.9 Å². The maximum absolute atomic E-state index is 6.08. The van der Waals surface area contributed by atoms with Crippen LogP contribution in [-0.2, 0) is 0 Å². The van der Waals surface area contributed by atoms with Crippen LogP contribution in [-0.4, -0.2) is 0 Å². The Morgan fingerprint density at radius 2 is 1.86 bits per heavy atom. The fourth-order valence-corrected chi connectivity index (χ4v) is 2.03. The number of hydrogen-bond acceptors (Lipinski definition) is 1. The summed E-state index contributed by atoms with van der Waals surface area (Å²) < 4.78 is 2.13. The highest BCUT2D eigenvalue weighted by molar-refractivity contribution is 9.13. The van der Waals surface area contributed by atoms with Crippen LogP contribution in [0, 0.1) is 5.92 Å². The van der Waals surface area contributed by atoms with Gasteiger partial charge in [-0.1, -0.05) is 19.9 Å². The molecule has 0 saturated heterocycles. The van der Waals surface area contributed by atoms with Gasteiger partial charge in [0.25, 0.3) is 0 Å². The van der Waals surface area contributed by atoms with E-state index in [1.807, 2.05) is 6.07 Å². The Balaban J connectivity index is 2.80.